The number of carbonyl (C=O) groups is 1. The molecule has 0 aromatic carbocycles. The summed E-state index contributed by atoms with van der Waals surface area (Å²) in [4.78, 5) is 22.1. The lowest BCUT2D eigenvalue weighted by Gasteiger charge is -2.06. The van der Waals surface area contributed by atoms with Gasteiger partial charge in [-0.15, -0.1) is 0 Å². The van der Waals surface area contributed by atoms with Crippen LogP contribution in [-0.4, -0.2) is 18.1 Å². The van der Waals surface area contributed by atoms with E-state index in [4.69, 9.17) is 0 Å². The minimum Gasteiger partial charge on any atom is -0.291 e. The van der Waals surface area contributed by atoms with Gasteiger partial charge >= 0.3 is 12.1 Å². The summed E-state index contributed by atoms with van der Waals surface area (Å²) in [7, 11) is 1.06. The molecule has 0 aliphatic carbocycles. The molecule has 0 aliphatic heterocycles. The zero-order valence-electron chi connectivity index (χ0n) is 7.54. The maximum absolute atomic E-state index is 12.2. The number of nitrogens with zero attached hydrogens (tertiary/aromatic N) is 1. The molecule has 1 rings (SSSR count). The van der Waals surface area contributed by atoms with Gasteiger partial charge in [0.25, 0.3) is 0 Å². The average Bonchev–Trinajstić information content (AvgIpc) is 2.17. The van der Waals surface area contributed by atoms with Gasteiger partial charge in [-0.3, -0.25) is 4.89 Å². The summed E-state index contributed by atoms with van der Waals surface area (Å²) in [6.07, 6.45) is -4.59. The fourth-order valence-electron chi connectivity index (χ4n) is 0.825. The molecule has 0 amide bonds. The van der Waals surface area contributed by atoms with Gasteiger partial charge in [0.05, 0.1) is 7.11 Å². The Hall–Kier alpha value is -1.63. The minimum atomic E-state index is -4.59. The van der Waals surface area contributed by atoms with Gasteiger partial charge in [0, 0.05) is 0 Å². The van der Waals surface area contributed by atoms with Crippen molar-refractivity contribution < 1.29 is 27.7 Å². The molecule has 0 N–H and O–H groups in total. The van der Waals surface area contributed by atoms with E-state index in [1.807, 2.05) is 0 Å². The summed E-state index contributed by atoms with van der Waals surface area (Å²) in [6.45, 7) is 0. The zero-order chi connectivity index (χ0) is 11.5. The highest BCUT2D eigenvalue weighted by molar-refractivity contribution is 5.86. The third kappa shape index (κ3) is 2.91. The van der Waals surface area contributed by atoms with Crippen molar-refractivity contribution in [3.63, 3.8) is 0 Å². The van der Waals surface area contributed by atoms with E-state index in [0.717, 1.165) is 25.3 Å². The number of pyridine rings is 1. The first-order valence-corrected chi connectivity index (χ1v) is 3.74. The van der Waals surface area contributed by atoms with Crippen LogP contribution >= 0.6 is 0 Å². The van der Waals surface area contributed by atoms with E-state index in [1.165, 1.54) is 0 Å². The maximum Gasteiger partial charge on any atom is 0.433 e. The van der Waals surface area contributed by atoms with E-state index < -0.39 is 23.5 Å². The molecule has 0 atom stereocenters. The molecule has 0 radical (unpaired) electrons. The molecule has 0 bridgehead atoms. The van der Waals surface area contributed by atoms with Crippen LogP contribution in [0.2, 0.25) is 0 Å². The van der Waals surface area contributed by atoms with Crippen molar-refractivity contribution in [1.82, 2.24) is 4.98 Å². The van der Waals surface area contributed by atoms with Crippen LogP contribution in [0.3, 0.4) is 0 Å². The summed E-state index contributed by atoms with van der Waals surface area (Å²) >= 11 is 0. The fourth-order valence-corrected chi connectivity index (χ4v) is 0.825. The normalized spacial score (nSPS) is 11.2. The summed E-state index contributed by atoms with van der Waals surface area (Å²) < 4.78 is 36.5. The smallest absolute Gasteiger partial charge is 0.291 e. The van der Waals surface area contributed by atoms with E-state index in [-0.39, 0.29) is 0 Å². The van der Waals surface area contributed by atoms with Crippen LogP contribution in [0.15, 0.2) is 18.2 Å². The first kappa shape index (κ1) is 11.4. The van der Waals surface area contributed by atoms with Crippen molar-refractivity contribution >= 4 is 5.97 Å². The summed E-state index contributed by atoms with van der Waals surface area (Å²) in [5, 5.41) is 0. The van der Waals surface area contributed by atoms with Gasteiger partial charge in [-0.25, -0.2) is 9.78 Å². The van der Waals surface area contributed by atoms with E-state index in [1.54, 1.807) is 0 Å². The predicted molar refractivity (Wildman–Crippen MR) is 41.7 cm³/mol. The van der Waals surface area contributed by atoms with Crippen molar-refractivity contribution in [2.45, 2.75) is 6.18 Å². The topological polar surface area (TPSA) is 48.4 Å². The molecule has 1 aromatic rings. The van der Waals surface area contributed by atoms with Gasteiger partial charge in [0.2, 0.25) is 0 Å². The maximum atomic E-state index is 12.2. The standard InChI is InChI=1S/C8H6F3NO3/c1-14-15-7(13)5-3-2-4-6(12-5)8(9,10)11/h2-4H,1H3. The van der Waals surface area contributed by atoms with Gasteiger partial charge < -0.3 is 0 Å². The SMILES string of the molecule is COOC(=O)c1cccc(C(F)(F)F)n1. The van der Waals surface area contributed by atoms with Crippen LogP contribution in [-0.2, 0) is 16.0 Å². The molecule has 1 aromatic heterocycles. The van der Waals surface area contributed by atoms with Gasteiger partial charge in [-0.2, -0.15) is 18.1 Å². The number of hydrogen-bond acceptors (Lipinski definition) is 4. The molecule has 0 unspecified atom stereocenters. The molecule has 15 heavy (non-hydrogen) atoms. The average molecular weight is 221 g/mol. The Kier molecular flexibility index (Phi) is 3.25. The molecular formula is C8H6F3NO3. The van der Waals surface area contributed by atoms with Crippen molar-refractivity contribution in [2.24, 2.45) is 0 Å². The first-order valence-electron chi connectivity index (χ1n) is 3.74. The molecule has 7 heteroatoms. The second-order valence-electron chi connectivity index (χ2n) is 2.44. The number of halogens is 3. The number of hydrogen-bond donors (Lipinski definition) is 0. The van der Waals surface area contributed by atoms with Crippen LogP contribution in [0, 0.1) is 0 Å². The van der Waals surface area contributed by atoms with Crippen molar-refractivity contribution in [3.05, 3.63) is 29.6 Å². The van der Waals surface area contributed by atoms with Crippen LogP contribution < -0.4 is 0 Å². The van der Waals surface area contributed by atoms with E-state index in [2.05, 4.69) is 14.8 Å². The van der Waals surface area contributed by atoms with E-state index >= 15 is 0 Å². The first-order chi connectivity index (χ1) is 6.95. The van der Waals surface area contributed by atoms with Crippen molar-refractivity contribution in [1.29, 1.82) is 0 Å². The summed E-state index contributed by atoms with van der Waals surface area (Å²) in [5.41, 5.74) is -1.63. The fraction of sp³-hybridized carbons (Fsp3) is 0.250. The monoisotopic (exact) mass is 221 g/mol. The zero-order valence-corrected chi connectivity index (χ0v) is 7.54. The van der Waals surface area contributed by atoms with Crippen molar-refractivity contribution in [2.75, 3.05) is 7.11 Å². The highest BCUT2D eigenvalue weighted by Crippen LogP contribution is 2.27. The number of rotatable bonds is 2. The van der Waals surface area contributed by atoms with Gasteiger partial charge in [0.1, 0.15) is 5.69 Å². The number of alkyl halides is 3. The highest BCUT2D eigenvalue weighted by Gasteiger charge is 2.33. The minimum absolute atomic E-state index is 0.466. The lowest BCUT2D eigenvalue weighted by Crippen LogP contribution is -2.13. The lowest BCUT2D eigenvalue weighted by atomic mass is 10.3. The second-order valence-corrected chi connectivity index (χ2v) is 2.44. The molecule has 82 valence electrons. The van der Waals surface area contributed by atoms with Crippen LogP contribution in [0.5, 0.6) is 0 Å². The Labute approximate surface area is 82.6 Å². The van der Waals surface area contributed by atoms with Crippen LogP contribution in [0.1, 0.15) is 16.2 Å². The molecule has 0 spiro atoms. The summed E-state index contributed by atoms with van der Waals surface area (Å²) in [5.74, 6) is -1.08. The molecule has 1 heterocycles. The molecule has 0 saturated carbocycles. The lowest BCUT2D eigenvalue weighted by molar-refractivity contribution is -0.216. The van der Waals surface area contributed by atoms with Gasteiger partial charge in [-0.1, -0.05) is 6.07 Å². The Morgan fingerprint density at radius 3 is 2.60 bits per heavy atom. The summed E-state index contributed by atoms with van der Waals surface area (Å²) in [6, 6.07) is 2.91. The molecule has 0 aliphatic rings. The predicted octanol–water partition coefficient (Wildman–Crippen LogP) is 1.82. The number of carbonyl (C=O) groups excluding carboxylic acids is 1. The van der Waals surface area contributed by atoms with E-state index in [9.17, 15) is 18.0 Å². The number of aromatic nitrogens is 1. The third-order valence-corrected chi connectivity index (χ3v) is 1.41. The second kappa shape index (κ2) is 4.26. The molecule has 4 nitrogen and oxygen atoms in total. The Morgan fingerprint density at radius 1 is 1.40 bits per heavy atom. The quantitative estimate of drug-likeness (QED) is 0.564. The Morgan fingerprint density at radius 2 is 2.07 bits per heavy atom. The molecule has 0 fully saturated rings. The molecule has 0 saturated heterocycles. The molecular weight excluding hydrogens is 215 g/mol. The van der Waals surface area contributed by atoms with Crippen molar-refractivity contribution in [3.8, 4) is 0 Å². The van der Waals surface area contributed by atoms with Gasteiger partial charge in [0.15, 0.2) is 5.69 Å². The third-order valence-electron chi connectivity index (χ3n) is 1.41. The van der Waals surface area contributed by atoms with E-state index in [0.29, 0.717) is 0 Å². The highest BCUT2D eigenvalue weighted by atomic mass is 19.4. The Balaban J connectivity index is 2.98. The van der Waals surface area contributed by atoms with Crippen LogP contribution in [0.4, 0.5) is 13.2 Å². The Bertz CT molecular complexity index is 364. The van der Waals surface area contributed by atoms with Gasteiger partial charge in [-0.05, 0) is 12.1 Å². The largest absolute Gasteiger partial charge is 0.433 e. The van der Waals surface area contributed by atoms with Crippen LogP contribution in [0.25, 0.3) is 0 Å².